The Bertz CT molecular complexity index is 1300. The van der Waals surface area contributed by atoms with Gasteiger partial charge in [-0.25, -0.2) is 4.98 Å². The number of rotatable bonds is 9. The monoisotopic (exact) mass is 547 g/mol. The SMILES string of the molecule is Cc1ccc([C@H]2c3cc(OCc4nc(C(=O)NC[C@H]5CCCO5)cs4)ccc3CCN2C(=O)CC(C)C)cc1. The molecule has 0 spiro atoms. The topological polar surface area (TPSA) is 80.8 Å². The van der Waals surface area contributed by atoms with Gasteiger partial charge < -0.3 is 19.7 Å². The lowest BCUT2D eigenvalue weighted by Gasteiger charge is -2.38. The highest BCUT2D eigenvalue weighted by Gasteiger charge is 2.32. The summed E-state index contributed by atoms with van der Waals surface area (Å²) in [5, 5.41) is 5.42. The molecule has 0 radical (unpaired) electrons. The average molecular weight is 548 g/mol. The number of carbonyl (C=O) groups is 2. The average Bonchev–Trinajstić information content (AvgIpc) is 3.62. The molecule has 2 aliphatic heterocycles. The van der Waals surface area contributed by atoms with Crippen molar-refractivity contribution in [3.05, 3.63) is 80.8 Å². The molecule has 3 heterocycles. The Balaban J connectivity index is 1.30. The molecule has 3 aromatic rings. The fraction of sp³-hybridized carbons (Fsp3) is 0.452. The molecule has 0 saturated carbocycles. The minimum atomic E-state index is -0.186. The Hall–Kier alpha value is -3.23. The number of nitrogens with zero attached hydrogens (tertiary/aromatic N) is 2. The summed E-state index contributed by atoms with van der Waals surface area (Å²) in [6.07, 6.45) is 3.46. The molecule has 8 heteroatoms. The summed E-state index contributed by atoms with van der Waals surface area (Å²) in [5.74, 6) is 1.02. The third-order valence-electron chi connectivity index (χ3n) is 7.30. The van der Waals surface area contributed by atoms with Gasteiger partial charge in [-0.3, -0.25) is 9.59 Å². The fourth-order valence-corrected chi connectivity index (χ4v) is 5.94. The number of amides is 2. The first-order valence-corrected chi connectivity index (χ1v) is 14.7. The molecular formula is C31H37N3O4S. The minimum Gasteiger partial charge on any atom is -0.486 e. The van der Waals surface area contributed by atoms with Crippen LogP contribution in [0.2, 0.25) is 0 Å². The first-order valence-electron chi connectivity index (χ1n) is 13.8. The van der Waals surface area contributed by atoms with E-state index >= 15 is 0 Å². The van der Waals surface area contributed by atoms with Crippen molar-refractivity contribution in [3.8, 4) is 5.75 Å². The van der Waals surface area contributed by atoms with Gasteiger partial charge in [-0.05, 0) is 60.9 Å². The van der Waals surface area contributed by atoms with Crippen LogP contribution in [0.4, 0.5) is 0 Å². The third-order valence-corrected chi connectivity index (χ3v) is 8.13. The summed E-state index contributed by atoms with van der Waals surface area (Å²) < 4.78 is 11.7. The van der Waals surface area contributed by atoms with E-state index in [1.807, 2.05) is 11.0 Å². The summed E-state index contributed by atoms with van der Waals surface area (Å²) in [6, 6.07) is 14.5. The molecule has 2 atom stereocenters. The Morgan fingerprint density at radius 3 is 2.77 bits per heavy atom. The summed E-state index contributed by atoms with van der Waals surface area (Å²) in [5.41, 5.74) is 5.04. The largest absolute Gasteiger partial charge is 0.486 e. The number of aryl methyl sites for hydroxylation is 1. The van der Waals surface area contributed by atoms with Crippen LogP contribution in [-0.4, -0.2) is 47.5 Å². The zero-order valence-corrected chi connectivity index (χ0v) is 23.8. The van der Waals surface area contributed by atoms with E-state index in [0.717, 1.165) is 47.8 Å². The maximum absolute atomic E-state index is 13.3. The first kappa shape index (κ1) is 27.3. The maximum Gasteiger partial charge on any atom is 0.270 e. The van der Waals surface area contributed by atoms with Crippen molar-refractivity contribution in [3.63, 3.8) is 0 Å². The van der Waals surface area contributed by atoms with E-state index in [-0.39, 0.29) is 30.6 Å². The van der Waals surface area contributed by atoms with Crippen LogP contribution >= 0.6 is 11.3 Å². The number of benzene rings is 2. The molecule has 39 heavy (non-hydrogen) atoms. The number of nitrogens with one attached hydrogen (secondary N) is 1. The van der Waals surface area contributed by atoms with Crippen molar-refractivity contribution in [2.75, 3.05) is 19.7 Å². The van der Waals surface area contributed by atoms with E-state index in [0.29, 0.717) is 31.1 Å². The van der Waals surface area contributed by atoms with Crippen LogP contribution in [0.3, 0.4) is 0 Å². The second kappa shape index (κ2) is 12.3. The number of hydrogen-bond acceptors (Lipinski definition) is 6. The molecule has 0 bridgehead atoms. The lowest BCUT2D eigenvalue weighted by molar-refractivity contribution is -0.134. The summed E-state index contributed by atoms with van der Waals surface area (Å²) >= 11 is 1.41. The van der Waals surface area contributed by atoms with E-state index in [1.54, 1.807) is 5.38 Å². The lowest BCUT2D eigenvalue weighted by Crippen LogP contribution is -2.41. The van der Waals surface area contributed by atoms with Crippen LogP contribution in [0.25, 0.3) is 0 Å². The van der Waals surface area contributed by atoms with Gasteiger partial charge in [0.15, 0.2) is 0 Å². The van der Waals surface area contributed by atoms with Gasteiger partial charge in [0.1, 0.15) is 23.1 Å². The van der Waals surface area contributed by atoms with Crippen LogP contribution in [0.5, 0.6) is 5.75 Å². The number of hydrogen-bond donors (Lipinski definition) is 1. The molecule has 2 amide bonds. The highest BCUT2D eigenvalue weighted by atomic mass is 32.1. The fourth-order valence-electron chi connectivity index (χ4n) is 5.26. The molecule has 5 rings (SSSR count). The number of thiazole rings is 1. The zero-order valence-electron chi connectivity index (χ0n) is 22.9. The van der Waals surface area contributed by atoms with Crippen molar-refractivity contribution < 1.29 is 19.1 Å². The number of fused-ring (bicyclic) bond motifs is 1. The molecule has 7 nitrogen and oxygen atoms in total. The molecule has 0 unspecified atom stereocenters. The third kappa shape index (κ3) is 6.68. The van der Waals surface area contributed by atoms with Crippen molar-refractivity contribution in [2.24, 2.45) is 5.92 Å². The maximum atomic E-state index is 13.3. The van der Waals surface area contributed by atoms with Crippen LogP contribution in [0.15, 0.2) is 47.8 Å². The van der Waals surface area contributed by atoms with Crippen LogP contribution in [-0.2, 0) is 22.6 Å². The normalized spacial score (nSPS) is 18.7. The first-order chi connectivity index (χ1) is 18.9. The van der Waals surface area contributed by atoms with E-state index in [1.165, 1.54) is 22.5 Å². The second-order valence-electron chi connectivity index (χ2n) is 10.9. The van der Waals surface area contributed by atoms with Crippen molar-refractivity contribution in [2.45, 2.75) is 65.2 Å². The smallest absolute Gasteiger partial charge is 0.270 e. The standard InChI is InChI=1S/C31H37N3O4S/c1-20(2)15-29(35)34-13-12-22-10-11-24(16-26(22)30(34)23-8-6-21(3)7-9-23)38-18-28-33-27(19-39-28)31(36)32-17-25-5-4-14-37-25/h6-11,16,19-20,25,30H,4-5,12-15,17-18H2,1-3H3,(H,32,36)/t25-,30+/m1/s1. The van der Waals surface area contributed by atoms with Crippen molar-refractivity contribution in [1.29, 1.82) is 0 Å². The molecule has 1 fully saturated rings. The van der Waals surface area contributed by atoms with Gasteiger partial charge in [-0.15, -0.1) is 11.3 Å². The van der Waals surface area contributed by atoms with E-state index in [4.69, 9.17) is 9.47 Å². The quantitative estimate of drug-likeness (QED) is 0.385. The summed E-state index contributed by atoms with van der Waals surface area (Å²) in [4.78, 5) is 32.3. The highest BCUT2D eigenvalue weighted by Crippen LogP contribution is 2.38. The number of carbonyl (C=O) groups excluding carboxylic acids is 2. The van der Waals surface area contributed by atoms with Gasteiger partial charge in [0.2, 0.25) is 5.91 Å². The lowest BCUT2D eigenvalue weighted by atomic mass is 9.87. The van der Waals surface area contributed by atoms with Crippen molar-refractivity contribution in [1.82, 2.24) is 15.2 Å². The van der Waals surface area contributed by atoms with Gasteiger partial charge in [0.25, 0.3) is 5.91 Å². The molecule has 1 N–H and O–H groups in total. The zero-order chi connectivity index (χ0) is 27.4. The molecule has 1 saturated heterocycles. The van der Waals surface area contributed by atoms with Gasteiger partial charge >= 0.3 is 0 Å². The molecule has 0 aliphatic carbocycles. The Kier molecular flexibility index (Phi) is 8.63. The summed E-state index contributed by atoms with van der Waals surface area (Å²) in [7, 11) is 0. The van der Waals surface area contributed by atoms with Crippen molar-refractivity contribution >= 4 is 23.2 Å². The predicted octanol–water partition coefficient (Wildman–Crippen LogP) is 5.46. The summed E-state index contributed by atoms with van der Waals surface area (Å²) in [6.45, 7) is 8.49. The predicted molar refractivity (Wildman–Crippen MR) is 152 cm³/mol. The Morgan fingerprint density at radius 2 is 2.03 bits per heavy atom. The van der Waals surface area contributed by atoms with Gasteiger partial charge in [0.05, 0.1) is 12.1 Å². The van der Waals surface area contributed by atoms with E-state index in [2.05, 4.69) is 67.5 Å². The highest BCUT2D eigenvalue weighted by molar-refractivity contribution is 7.09. The molecule has 2 aliphatic rings. The Morgan fingerprint density at radius 1 is 1.21 bits per heavy atom. The second-order valence-corrected chi connectivity index (χ2v) is 11.8. The number of aromatic nitrogens is 1. The van der Waals surface area contributed by atoms with Gasteiger partial charge in [0, 0.05) is 31.5 Å². The van der Waals surface area contributed by atoms with Gasteiger partial charge in [-0.1, -0.05) is 49.7 Å². The van der Waals surface area contributed by atoms with Crippen LogP contribution < -0.4 is 10.1 Å². The molecule has 206 valence electrons. The van der Waals surface area contributed by atoms with Gasteiger partial charge in [-0.2, -0.15) is 0 Å². The molecule has 1 aromatic heterocycles. The van der Waals surface area contributed by atoms with E-state index < -0.39 is 0 Å². The molecular weight excluding hydrogens is 510 g/mol. The van der Waals surface area contributed by atoms with Crippen LogP contribution in [0.1, 0.15) is 76.9 Å². The molecule has 2 aromatic carbocycles. The number of ether oxygens (including phenoxy) is 2. The Labute approximate surface area is 234 Å². The van der Waals surface area contributed by atoms with E-state index in [9.17, 15) is 9.59 Å². The minimum absolute atomic E-state index is 0.0970. The van der Waals surface area contributed by atoms with Crippen LogP contribution in [0, 0.1) is 12.8 Å².